The first-order valence-electron chi connectivity index (χ1n) is 6.58. The molecule has 1 aromatic heterocycles. The van der Waals surface area contributed by atoms with E-state index >= 15 is 0 Å². The Kier molecular flexibility index (Phi) is 4.60. The Morgan fingerprint density at radius 1 is 1.58 bits per heavy atom. The van der Waals surface area contributed by atoms with Crippen LogP contribution in [-0.4, -0.2) is 34.8 Å². The number of carbonyl (C=O) groups excluding carboxylic acids is 1. The Bertz CT molecular complexity index is 453. The quantitative estimate of drug-likeness (QED) is 0.812. The minimum atomic E-state index is -0.364. The Morgan fingerprint density at radius 3 is 2.89 bits per heavy atom. The van der Waals surface area contributed by atoms with Crippen LogP contribution in [0.5, 0.6) is 0 Å². The Balaban J connectivity index is 2.11. The van der Waals surface area contributed by atoms with Crippen LogP contribution in [-0.2, 0) is 11.3 Å². The van der Waals surface area contributed by atoms with Crippen molar-refractivity contribution in [2.75, 3.05) is 13.7 Å². The molecule has 6 heteroatoms. The average Bonchev–Trinajstić information content (AvgIpc) is 2.93. The lowest BCUT2D eigenvalue weighted by atomic mass is 9.91. The highest BCUT2D eigenvalue weighted by Gasteiger charge is 2.33. The number of carbonyl (C=O) groups is 1. The number of methoxy groups -OCH3 is 1. The van der Waals surface area contributed by atoms with Gasteiger partial charge in [-0.15, -0.1) is 0 Å². The molecule has 0 bridgehead atoms. The van der Waals surface area contributed by atoms with Gasteiger partial charge in [0, 0.05) is 19.1 Å². The maximum absolute atomic E-state index is 12.4. The van der Waals surface area contributed by atoms with Crippen molar-refractivity contribution in [3.63, 3.8) is 0 Å². The normalized spacial score (nSPS) is 17.8. The summed E-state index contributed by atoms with van der Waals surface area (Å²) in [4.78, 5) is 12.4. The molecule has 1 fully saturated rings. The third-order valence-electron chi connectivity index (χ3n) is 3.68. The molecule has 1 aliphatic carbocycles. The first kappa shape index (κ1) is 14.5. The molecule has 0 saturated heterocycles. The van der Waals surface area contributed by atoms with Crippen LogP contribution in [0.2, 0.25) is 5.02 Å². The number of rotatable bonds is 6. The summed E-state index contributed by atoms with van der Waals surface area (Å²) in [5.74, 6) is -0.0250. The molecule has 0 unspecified atom stereocenters. The largest absolute Gasteiger partial charge is 0.383 e. The lowest BCUT2D eigenvalue weighted by Gasteiger charge is -2.22. The number of nitrogens with zero attached hydrogens (tertiary/aromatic N) is 2. The van der Waals surface area contributed by atoms with E-state index in [-0.39, 0.29) is 11.3 Å². The van der Waals surface area contributed by atoms with E-state index in [0.717, 1.165) is 25.7 Å². The van der Waals surface area contributed by atoms with E-state index < -0.39 is 0 Å². The molecule has 5 nitrogen and oxygen atoms in total. The van der Waals surface area contributed by atoms with Gasteiger partial charge in [0.2, 0.25) is 0 Å². The van der Waals surface area contributed by atoms with Crippen LogP contribution in [0.15, 0.2) is 6.20 Å². The first-order chi connectivity index (χ1) is 9.06. The molecule has 2 rings (SSSR count). The van der Waals surface area contributed by atoms with Gasteiger partial charge in [0.05, 0.1) is 24.4 Å². The molecule has 106 valence electrons. The maximum Gasteiger partial charge on any atom is 0.184 e. The average molecular weight is 286 g/mol. The molecule has 19 heavy (non-hydrogen) atoms. The predicted octanol–water partition coefficient (Wildman–Crippen LogP) is 2.03. The third kappa shape index (κ3) is 3.35. The third-order valence-corrected chi connectivity index (χ3v) is 3.95. The number of hydrogen-bond acceptors (Lipinski definition) is 4. The van der Waals surface area contributed by atoms with Crippen molar-refractivity contribution in [3.05, 3.63) is 16.9 Å². The maximum atomic E-state index is 12.4. The summed E-state index contributed by atoms with van der Waals surface area (Å²) in [6, 6.07) is 0. The number of nitrogens with two attached hydrogens (primary N) is 1. The van der Waals surface area contributed by atoms with Crippen LogP contribution in [0.4, 0.5) is 0 Å². The summed E-state index contributed by atoms with van der Waals surface area (Å²) in [7, 11) is 1.61. The molecule has 1 saturated carbocycles. The van der Waals surface area contributed by atoms with Crippen molar-refractivity contribution in [1.29, 1.82) is 0 Å². The summed E-state index contributed by atoms with van der Waals surface area (Å²) in [5.41, 5.74) is 6.34. The van der Waals surface area contributed by atoms with Crippen LogP contribution in [0.3, 0.4) is 0 Å². The summed E-state index contributed by atoms with van der Waals surface area (Å²) in [5, 5.41) is 4.51. The number of ether oxygens (including phenoxy) is 1. The zero-order valence-electron chi connectivity index (χ0n) is 11.2. The Hall–Kier alpha value is -0.910. The summed E-state index contributed by atoms with van der Waals surface area (Å²) < 4.78 is 6.61. The number of Topliss-reactive ketones (excluding diaryl/α,β-unsaturated/α-hetero) is 1. The molecule has 0 atom stereocenters. The second-order valence-corrected chi connectivity index (χ2v) is 5.63. The predicted molar refractivity (Wildman–Crippen MR) is 73.4 cm³/mol. The van der Waals surface area contributed by atoms with E-state index in [1.165, 1.54) is 6.20 Å². The molecule has 0 spiro atoms. The summed E-state index contributed by atoms with van der Waals surface area (Å²) >= 11 is 6.06. The second-order valence-electron chi connectivity index (χ2n) is 5.23. The molecule has 0 radical (unpaired) electrons. The molecule has 1 heterocycles. The van der Waals surface area contributed by atoms with Gasteiger partial charge in [0.25, 0.3) is 0 Å². The number of ketones is 1. The lowest BCUT2D eigenvalue weighted by molar-refractivity contribution is 0.0938. The van der Waals surface area contributed by atoms with Crippen molar-refractivity contribution in [2.24, 2.45) is 5.73 Å². The fraction of sp³-hybridized carbons (Fsp3) is 0.692. The smallest absolute Gasteiger partial charge is 0.184 e. The molecule has 1 aliphatic rings. The van der Waals surface area contributed by atoms with Gasteiger partial charge >= 0.3 is 0 Å². The topological polar surface area (TPSA) is 70.1 Å². The van der Waals surface area contributed by atoms with Crippen LogP contribution < -0.4 is 5.73 Å². The zero-order valence-corrected chi connectivity index (χ0v) is 11.9. The highest BCUT2D eigenvalue weighted by atomic mass is 35.5. The van der Waals surface area contributed by atoms with Gasteiger partial charge in [-0.25, -0.2) is 0 Å². The van der Waals surface area contributed by atoms with Crippen LogP contribution >= 0.6 is 11.6 Å². The van der Waals surface area contributed by atoms with E-state index in [4.69, 9.17) is 22.1 Å². The number of hydrogen-bond donors (Lipinski definition) is 1. The van der Waals surface area contributed by atoms with Gasteiger partial charge in [-0.05, 0) is 12.8 Å². The fourth-order valence-electron chi connectivity index (χ4n) is 2.65. The standard InChI is InChI=1S/C13H20ClN3O2/c1-19-7-6-17-12(10(14)9-16-17)11(18)8-13(15)4-2-3-5-13/h9H,2-8,15H2,1H3. The van der Waals surface area contributed by atoms with Crippen molar-refractivity contribution < 1.29 is 9.53 Å². The first-order valence-corrected chi connectivity index (χ1v) is 6.96. The summed E-state index contributed by atoms with van der Waals surface area (Å²) in [6.07, 6.45) is 5.85. The van der Waals surface area contributed by atoms with Crippen molar-refractivity contribution in [2.45, 2.75) is 44.2 Å². The van der Waals surface area contributed by atoms with Gasteiger partial charge in [-0.2, -0.15) is 5.10 Å². The zero-order chi connectivity index (χ0) is 13.9. The van der Waals surface area contributed by atoms with E-state index in [2.05, 4.69) is 5.10 Å². The van der Waals surface area contributed by atoms with Crippen molar-refractivity contribution in [1.82, 2.24) is 9.78 Å². The van der Waals surface area contributed by atoms with Gasteiger partial charge in [0.15, 0.2) is 5.78 Å². The lowest BCUT2D eigenvalue weighted by Crippen LogP contribution is -2.39. The highest BCUT2D eigenvalue weighted by molar-refractivity contribution is 6.33. The van der Waals surface area contributed by atoms with Crippen molar-refractivity contribution in [3.8, 4) is 0 Å². The van der Waals surface area contributed by atoms with Crippen LogP contribution in [0, 0.1) is 0 Å². The Labute approximate surface area is 118 Å². The van der Waals surface area contributed by atoms with Gasteiger partial charge < -0.3 is 10.5 Å². The number of aromatic nitrogens is 2. The Morgan fingerprint density at radius 2 is 2.26 bits per heavy atom. The highest BCUT2D eigenvalue weighted by Crippen LogP contribution is 2.32. The van der Waals surface area contributed by atoms with E-state index in [0.29, 0.717) is 30.3 Å². The summed E-state index contributed by atoms with van der Waals surface area (Å²) in [6.45, 7) is 1.01. The minimum Gasteiger partial charge on any atom is -0.383 e. The molecule has 0 amide bonds. The van der Waals surface area contributed by atoms with Crippen LogP contribution in [0.1, 0.15) is 42.6 Å². The molecule has 1 aromatic rings. The van der Waals surface area contributed by atoms with Crippen molar-refractivity contribution >= 4 is 17.4 Å². The van der Waals surface area contributed by atoms with Gasteiger partial charge in [-0.3, -0.25) is 9.48 Å². The minimum absolute atomic E-state index is 0.0250. The molecule has 0 aliphatic heterocycles. The molecule has 2 N–H and O–H groups in total. The fourth-order valence-corrected chi connectivity index (χ4v) is 2.89. The molecular formula is C13H20ClN3O2. The second kappa shape index (κ2) is 6.03. The molecule has 0 aromatic carbocycles. The van der Waals surface area contributed by atoms with Crippen LogP contribution in [0.25, 0.3) is 0 Å². The SMILES string of the molecule is COCCn1ncc(Cl)c1C(=O)CC1(N)CCCC1. The monoisotopic (exact) mass is 285 g/mol. The molecular weight excluding hydrogens is 266 g/mol. The van der Waals surface area contributed by atoms with E-state index in [1.54, 1.807) is 11.8 Å². The van der Waals surface area contributed by atoms with Gasteiger partial charge in [0.1, 0.15) is 5.69 Å². The number of halogens is 1. The van der Waals surface area contributed by atoms with E-state index in [1.807, 2.05) is 0 Å². The van der Waals surface area contributed by atoms with E-state index in [9.17, 15) is 4.79 Å². The van der Waals surface area contributed by atoms with Gasteiger partial charge in [-0.1, -0.05) is 24.4 Å².